The van der Waals surface area contributed by atoms with Gasteiger partial charge in [-0.25, -0.2) is 4.98 Å². The number of aromatic nitrogens is 2. The summed E-state index contributed by atoms with van der Waals surface area (Å²) in [6.45, 7) is 2.84. The van der Waals surface area contributed by atoms with E-state index in [0.717, 1.165) is 41.1 Å². The molecule has 3 aromatic carbocycles. The van der Waals surface area contributed by atoms with Gasteiger partial charge in [0.05, 0.1) is 18.0 Å². The fourth-order valence-corrected chi connectivity index (χ4v) is 4.24. The number of carbonyl (C=O) groups is 2. The van der Waals surface area contributed by atoms with Crippen molar-refractivity contribution in [2.45, 2.75) is 26.3 Å². The van der Waals surface area contributed by atoms with Crippen molar-refractivity contribution in [2.24, 2.45) is 5.92 Å². The molecule has 7 nitrogen and oxygen atoms in total. The largest absolute Gasteiger partial charge is 0.494 e. The summed E-state index contributed by atoms with van der Waals surface area (Å²) in [6, 6.07) is 27.2. The minimum Gasteiger partial charge on any atom is -0.494 e. The average molecular weight is 495 g/mol. The normalized spacial score (nSPS) is 12.7. The van der Waals surface area contributed by atoms with Crippen LogP contribution in [0.4, 0.5) is 5.95 Å². The Morgan fingerprint density at radius 3 is 2.43 bits per heavy atom. The second-order valence-electron chi connectivity index (χ2n) is 9.12. The molecule has 1 aliphatic rings. The summed E-state index contributed by atoms with van der Waals surface area (Å²) in [6.07, 6.45) is 3.66. The van der Waals surface area contributed by atoms with Gasteiger partial charge in [-0.3, -0.25) is 19.5 Å². The molecular formula is C30H30N4O3. The Balaban J connectivity index is 1.41. The second kappa shape index (κ2) is 11.1. The third-order valence-corrected chi connectivity index (χ3v) is 6.22. The number of imidazole rings is 1. The summed E-state index contributed by atoms with van der Waals surface area (Å²) in [5, 5.41) is 2.96. The third-order valence-electron chi connectivity index (χ3n) is 6.22. The van der Waals surface area contributed by atoms with E-state index in [1.54, 1.807) is 4.90 Å². The number of ether oxygens (including phenoxy) is 1. The molecule has 0 spiro atoms. The van der Waals surface area contributed by atoms with Gasteiger partial charge in [-0.2, -0.15) is 0 Å². The van der Waals surface area contributed by atoms with Gasteiger partial charge in [-0.1, -0.05) is 66.7 Å². The zero-order valence-corrected chi connectivity index (χ0v) is 20.8. The Morgan fingerprint density at radius 2 is 1.73 bits per heavy atom. The second-order valence-corrected chi connectivity index (χ2v) is 9.12. The number of benzene rings is 3. The lowest BCUT2D eigenvalue weighted by Gasteiger charge is -2.22. The molecule has 0 atom stereocenters. The van der Waals surface area contributed by atoms with Crippen LogP contribution >= 0.6 is 0 Å². The van der Waals surface area contributed by atoms with Crippen LogP contribution in [0.2, 0.25) is 0 Å². The van der Waals surface area contributed by atoms with Gasteiger partial charge in [0.25, 0.3) is 0 Å². The summed E-state index contributed by atoms with van der Waals surface area (Å²) in [7, 11) is 0. The fraction of sp³-hybridized carbons (Fsp3) is 0.233. The molecule has 0 bridgehead atoms. The highest BCUT2D eigenvalue weighted by Crippen LogP contribution is 2.32. The van der Waals surface area contributed by atoms with E-state index in [1.165, 1.54) is 0 Å². The van der Waals surface area contributed by atoms with Crippen LogP contribution in [0.3, 0.4) is 0 Å². The summed E-state index contributed by atoms with van der Waals surface area (Å²) in [4.78, 5) is 32.6. The number of amides is 2. The van der Waals surface area contributed by atoms with Gasteiger partial charge < -0.3 is 9.64 Å². The van der Waals surface area contributed by atoms with Crippen molar-refractivity contribution in [2.75, 3.05) is 18.5 Å². The van der Waals surface area contributed by atoms with Gasteiger partial charge in [0, 0.05) is 30.3 Å². The highest BCUT2D eigenvalue weighted by atomic mass is 16.5. The van der Waals surface area contributed by atoms with Crippen LogP contribution < -0.4 is 10.1 Å². The molecule has 0 radical (unpaired) electrons. The number of anilines is 1. The van der Waals surface area contributed by atoms with E-state index in [0.29, 0.717) is 19.1 Å². The van der Waals surface area contributed by atoms with Crippen molar-refractivity contribution in [1.29, 1.82) is 0 Å². The molecule has 1 saturated carbocycles. The fourth-order valence-electron chi connectivity index (χ4n) is 4.24. The molecule has 5 rings (SSSR count). The summed E-state index contributed by atoms with van der Waals surface area (Å²) in [5.41, 5.74) is 3.47. The maximum absolute atomic E-state index is 13.3. The van der Waals surface area contributed by atoms with Crippen LogP contribution in [-0.4, -0.2) is 39.4 Å². The SMILES string of the molecule is CCOc1cccc(-n2cc(-c3ccccc3)nc2NC(=O)CN(Cc2ccccc2)C(=O)C2CC2)c1. The molecular weight excluding hydrogens is 464 g/mol. The van der Waals surface area contributed by atoms with Gasteiger partial charge in [0.15, 0.2) is 0 Å². The zero-order valence-electron chi connectivity index (χ0n) is 20.8. The molecule has 0 aliphatic heterocycles. The molecule has 1 N–H and O–H groups in total. The lowest BCUT2D eigenvalue weighted by Crippen LogP contribution is -2.38. The standard InChI is InChI=1S/C30H30N4O3/c1-2-37-26-15-9-14-25(18-26)34-20-27(23-12-7-4-8-13-23)31-30(34)32-28(35)21-33(29(36)24-16-17-24)19-22-10-5-3-6-11-22/h3-15,18,20,24H,2,16-17,19,21H2,1H3,(H,31,32,35). The predicted molar refractivity (Wildman–Crippen MR) is 143 cm³/mol. The van der Waals surface area contributed by atoms with Gasteiger partial charge >= 0.3 is 0 Å². The van der Waals surface area contributed by atoms with Crippen LogP contribution in [0.15, 0.2) is 91.1 Å². The molecule has 4 aromatic rings. The Labute approximate surface area is 216 Å². The lowest BCUT2D eigenvalue weighted by molar-refractivity contribution is -0.136. The number of rotatable bonds is 10. The Hall–Kier alpha value is -4.39. The van der Waals surface area contributed by atoms with Gasteiger partial charge in [-0.15, -0.1) is 0 Å². The Bertz CT molecular complexity index is 1360. The molecule has 2 amide bonds. The van der Waals surface area contributed by atoms with E-state index in [1.807, 2.05) is 103 Å². The first-order chi connectivity index (χ1) is 18.1. The summed E-state index contributed by atoms with van der Waals surface area (Å²) >= 11 is 0. The summed E-state index contributed by atoms with van der Waals surface area (Å²) < 4.78 is 7.52. The third kappa shape index (κ3) is 6.06. The topological polar surface area (TPSA) is 76.5 Å². The van der Waals surface area contributed by atoms with Crippen LogP contribution in [0, 0.1) is 5.92 Å². The van der Waals surface area contributed by atoms with Gasteiger partial charge in [0.2, 0.25) is 17.8 Å². The maximum atomic E-state index is 13.3. The van der Waals surface area contributed by atoms with Crippen LogP contribution in [0.1, 0.15) is 25.3 Å². The Morgan fingerprint density at radius 1 is 1.00 bits per heavy atom. The van der Waals surface area contributed by atoms with Crippen LogP contribution in [0.5, 0.6) is 5.75 Å². The predicted octanol–water partition coefficient (Wildman–Crippen LogP) is 5.32. The minimum atomic E-state index is -0.294. The highest BCUT2D eigenvalue weighted by Gasteiger charge is 2.34. The number of hydrogen-bond donors (Lipinski definition) is 1. The van der Waals surface area contributed by atoms with Crippen molar-refractivity contribution in [3.63, 3.8) is 0 Å². The van der Waals surface area contributed by atoms with Crippen molar-refractivity contribution in [1.82, 2.24) is 14.5 Å². The first kappa shape index (κ1) is 24.3. The molecule has 7 heteroatoms. The van der Waals surface area contributed by atoms with Crippen LogP contribution in [-0.2, 0) is 16.1 Å². The number of carbonyl (C=O) groups excluding carboxylic acids is 2. The number of nitrogens with one attached hydrogen (secondary N) is 1. The molecule has 188 valence electrons. The van der Waals surface area contributed by atoms with E-state index in [2.05, 4.69) is 5.32 Å². The Kier molecular flexibility index (Phi) is 7.31. The van der Waals surface area contributed by atoms with E-state index >= 15 is 0 Å². The first-order valence-corrected chi connectivity index (χ1v) is 12.6. The van der Waals surface area contributed by atoms with Gasteiger partial charge in [-0.05, 0) is 37.5 Å². The highest BCUT2D eigenvalue weighted by molar-refractivity contribution is 5.94. The maximum Gasteiger partial charge on any atom is 0.246 e. The minimum absolute atomic E-state index is 0.0180. The van der Waals surface area contributed by atoms with E-state index in [-0.39, 0.29) is 24.3 Å². The van der Waals surface area contributed by atoms with E-state index in [4.69, 9.17) is 9.72 Å². The van der Waals surface area contributed by atoms with Crippen molar-refractivity contribution in [3.05, 3.63) is 96.7 Å². The number of nitrogens with zero attached hydrogens (tertiary/aromatic N) is 3. The first-order valence-electron chi connectivity index (χ1n) is 12.6. The van der Waals surface area contributed by atoms with E-state index < -0.39 is 0 Å². The quantitative estimate of drug-likeness (QED) is 0.324. The lowest BCUT2D eigenvalue weighted by atomic mass is 10.2. The smallest absolute Gasteiger partial charge is 0.246 e. The van der Waals surface area contributed by atoms with Gasteiger partial charge in [0.1, 0.15) is 12.3 Å². The average Bonchev–Trinajstić information content (AvgIpc) is 3.69. The van der Waals surface area contributed by atoms with E-state index in [9.17, 15) is 9.59 Å². The molecule has 0 saturated heterocycles. The summed E-state index contributed by atoms with van der Waals surface area (Å²) in [5.74, 6) is 0.867. The molecule has 37 heavy (non-hydrogen) atoms. The van der Waals surface area contributed by atoms with Crippen molar-refractivity contribution < 1.29 is 14.3 Å². The van der Waals surface area contributed by atoms with Crippen LogP contribution in [0.25, 0.3) is 16.9 Å². The monoisotopic (exact) mass is 494 g/mol. The van der Waals surface area contributed by atoms with Crippen molar-refractivity contribution in [3.8, 4) is 22.7 Å². The number of hydrogen-bond acceptors (Lipinski definition) is 4. The molecule has 1 aliphatic carbocycles. The molecule has 1 fully saturated rings. The van der Waals surface area contributed by atoms with Crippen molar-refractivity contribution >= 4 is 17.8 Å². The molecule has 0 unspecified atom stereocenters. The molecule has 1 aromatic heterocycles. The molecule has 1 heterocycles. The zero-order chi connectivity index (χ0) is 25.6.